The minimum absolute atomic E-state index is 0.139. The zero-order valence-electron chi connectivity index (χ0n) is 22.3. The highest BCUT2D eigenvalue weighted by Crippen LogP contribution is 2.45. The molecule has 0 radical (unpaired) electrons. The van der Waals surface area contributed by atoms with Crippen LogP contribution in [0.15, 0.2) is 30.3 Å². The van der Waals surface area contributed by atoms with Crippen LogP contribution in [0.25, 0.3) is 0 Å². The van der Waals surface area contributed by atoms with Crippen molar-refractivity contribution in [3.05, 3.63) is 83.1 Å². The maximum Gasteiger partial charge on any atom is 0.341 e. The normalized spacial score (nSPS) is 13.2. The highest BCUT2D eigenvalue weighted by molar-refractivity contribution is 7.16. The van der Waals surface area contributed by atoms with Crippen molar-refractivity contribution in [3.63, 3.8) is 0 Å². The quantitative estimate of drug-likeness (QED) is 0.119. The Labute approximate surface area is 264 Å². The molecule has 14 heteroatoms. The molecule has 0 saturated heterocycles. The number of thiophene rings is 1. The van der Waals surface area contributed by atoms with Crippen LogP contribution in [-0.4, -0.2) is 53.8 Å². The van der Waals surface area contributed by atoms with E-state index in [1.165, 1.54) is 11.3 Å². The van der Waals surface area contributed by atoms with Crippen LogP contribution in [0, 0.1) is 13.8 Å². The third kappa shape index (κ3) is 6.00. The standard InChI is InChI=1S/C28H22Cl4N2O7S/c1-4-40-28(39)17-12(2)13(3)42-24(17)33-16(35)11-41-27(38)15(10-14-8-6-5-7-9-14)34-25(36)18-19(26(34)37)21(30)23(32)22(31)20(18)29/h5-9,15H,4,10-11H2,1-3H3,(H,33,35)/t15-/m0/s1. The molecule has 2 aromatic carbocycles. The van der Waals surface area contributed by atoms with E-state index >= 15 is 0 Å². The van der Waals surface area contributed by atoms with Gasteiger partial charge in [0.05, 0.1) is 43.4 Å². The minimum Gasteiger partial charge on any atom is -0.462 e. The van der Waals surface area contributed by atoms with Crippen LogP contribution in [0.5, 0.6) is 0 Å². The maximum absolute atomic E-state index is 13.5. The summed E-state index contributed by atoms with van der Waals surface area (Å²) in [4.78, 5) is 67.1. The van der Waals surface area contributed by atoms with Crippen molar-refractivity contribution in [3.8, 4) is 0 Å². The van der Waals surface area contributed by atoms with Gasteiger partial charge in [-0.25, -0.2) is 9.59 Å². The van der Waals surface area contributed by atoms with Gasteiger partial charge in [0.1, 0.15) is 11.0 Å². The molecule has 3 aromatic rings. The number of hydrogen-bond acceptors (Lipinski definition) is 8. The van der Waals surface area contributed by atoms with Crippen LogP contribution < -0.4 is 5.32 Å². The number of carbonyl (C=O) groups is 5. The van der Waals surface area contributed by atoms with Gasteiger partial charge in [0.15, 0.2) is 6.61 Å². The second kappa shape index (κ2) is 13.0. The number of fused-ring (bicyclic) bond motifs is 1. The molecule has 4 rings (SSSR count). The van der Waals surface area contributed by atoms with Crippen molar-refractivity contribution in [2.24, 2.45) is 0 Å². The third-order valence-electron chi connectivity index (χ3n) is 6.45. The number of benzene rings is 2. The van der Waals surface area contributed by atoms with E-state index < -0.39 is 42.3 Å². The first-order valence-corrected chi connectivity index (χ1v) is 14.7. The molecule has 0 fully saturated rings. The van der Waals surface area contributed by atoms with Crippen molar-refractivity contribution in [1.82, 2.24) is 4.90 Å². The van der Waals surface area contributed by atoms with Crippen molar-refractivity contribution in [2.45, 2.75) is 33.2 Å². The second-order valence-electron chi connectivity index (χ2n) is 9.06. The molecule has 1 N–H and O–H groups in total. The predicted octanol–water partition coefficient (Wildman–Crippen LogP) is 6.54. The summed E-state index contributed by atoms with van der Waals surface area (Å²) in [6.45, 7) is 4.55. The number of hydrogen-bond donors (Lipinski definition) is 1. The summed E-state index contributed by atoms with van der Waals surface area (Å²) in [6, 6.07) is 7.07. The van der Waals surface area contributed by atoms with E-state index in [-0.39, 0.29) is 54.8 Å². The van der Waals surface area contributed by atoms with Gasteiger partial charge >= 0.3 is 11.9 Å². The van der Waals surface area contributed by atoms with E-state index in [1.807, 2.05) is 0 Å². The lowest BCUT2D eigenvalue weighted by atomic mass is 10.0. The molecular formula is C28H22Cl4N2O7S. The summed E-state index contributed by atoms with van der Waals surface area (Å²) in [5.74, 6) is -4.24. The van der Waals surface area contributed by atoms with Crippen molar-refractivity contribution < 1.29 is 33.4 Å². The first-order valence-electron chi connectivity index (χ1n) is 12.4. The lowest BCUT2D eigenvalue weighted by molar-refractivity contribution is -0.151. The summed E-state index contributed by atoms with van der Waals surface area (Å²) < 4.78 is 10.4. The summed E-state index contributed by atoms with van der Waals surface area (Å²) in [6.07, 6.45) is -0.139. The van der Waals surface area contributed by atoms with E-state index in [9.17, 15) is 24.0 Å². The number of aryl methyl sites for hydroxylation is 1. The van der Waals surface area contributed by atoms with E-state index in [0.717, 1.165) is 4.88 Å². The number of nitrogens with one attached hydrogen (secondary N) is 1. The van der Waals surface area contributed by atoms with Gasteiger partial charge in [-0.1, -0.05) is 76.7 Å². The van der Waals surface area contributed by atoms with Crippen LogP contribution >= 0.6 is 57.7 Å². The minimum atomic E-state index is -1.50. The average Bonchev–Trinajstić information content (AvgIpc) is 3.38. The Morgan fingerprint density at radius 1 is 0.905 bits per heavy atom. The molecule has 42 heavy (non-hydrogen) atoms. The zero-order valence-corrected chi connectivity index (χ0v) is 26.2. The van der Waals surface area contributed by atoms with Gasteiger partial charge in [-0.15, -0.1) is 11.3 Å². The fraction of sp³-hybridized carbons (Fsp3) is 0.250. The highest BCUT2D eigenvalue weighted by atomic mass is 35.5. The fourth-order valence-electron chi connectivity index (χ4n) is 4.33. The number of halogens is 4. The number of ether oxygens (including phenoxy) is 2. The second-order valence-corrected chi connectivity index (χ2v) is 11.8. The van der Waals surface area contributed by atoms with Gasteiger partial charge in [0, 0.05) is 11.3 Å². The number of imide groups is 1. The molecule has 1 aliphatic rings. The molecule has 0 unspecified atom stereocenters. The molecule has 0 saturated carbocycles. The molecule has 220 valence electrons. The SMILES string of the molecule is CCOC(=O)c1c(NC(=O)COC(=O)[C@H](Cc2ccccc2)N2C(=O)c3c(Cl)c(Cl)c(Cl)c(Cl)c3C2=O)sc(C)c1C. The molecule has 9 nitrogen and oxygen atoms in total. The number of amides is 3. The summed E-state index contributed by atoms with van der Waals surface area (Å²) in [7, 11) is 0. The molecule has 0 bridgehead atoms. The van der Waals surface area contributed by atoms with Gasteiger partial charge < -0.3 is 14.8 Å². The monoisotopic (exact) mass is 670 g/mol. The summed E-state index contributed by atoms with van der Waals surface area (Å²) in [5.41, 5.74) is 0.867. The fourth-order valence-corrected chi connectivity index (χ4v) is 6.41. The Morgan fingerprint density at radius 2 is 1.48 bits per heavy atom. The average molecular weight is 672 g/mol. The topological polar surface area (TPSA) is 119 Å². The van der Waals surface area contributed by atoms with Crippen LogP contribution in [0.1, 0.15) is 54.0 Å². The van der Waals surface area contributed by atoms with E-state index in [4.69, 9.17) is 55.9 Å². The molecule has 1 aromatic heterocycles. The molecule has 1 atom stereocenters. The van der Waals surface area contributed by atoms with Crippen molar-refractivity contribution in [2.75, 3.05) is 18.5 Å². The van der Waals surface area contributed by atoms with Gasteiger partial charge in [-0.2, -0.15) is 0 Å². The van der Waals surface area contributed by atoms with E-state index in [1.54, 1.807) is 51.1 Å². The molecular weight excluding hydrogens is 650 g/mol. The van der Waals surface area contributed by atoms with Crippen LogP contribution in [-0.2, 0) is 25.5 Å². The van der Waals surface area contributed by atoms with Crippen LogP contribution in [0.2, 0.25) is 20.1 Å². The maximum atomic E-state index is 13.5. The Morgan fingerprint density at radius 3 is 2.02 bits per heavy atom. The summed E-state index contributed by atoms with van der Waals surface area (Å²) >= 11 is 25.9. The van der Waals surface area contributed by atoms with Crippen LogP contribution in [0.4, 0.5) is 5.00 Å². The Kier molecular flexibility index (Phi) is 9.84. The third-order valence-corrected chi connectivity index (χ3v) is 9.38. The Balaban J connectivity index is 1.59. The molecule has 2 heterocycles. The highest BCUT2D eigenvalue weighted by Gasteiger charge is 2.47. The molecule has 3 amide bonds. The van der Waals surface area contributed by atoms with Crippen molar-refractivity contribution in [1.29, 1.82) is 0 Å². The van der Waals surface area contributed by atoms with Gasteiger partial charge in [0.2, 0.25) is 0 Å². The molecule has 1 aliphatic heterocycles. The van der Waals surface area contributed by atoms with Gasteiger partial charge in [0.25, 0.3) is 17.7 Å². The lowest BCUT2D eigenvalue weighted by Crippen LogP contribution is -2.47. The smallest absolute Gasteiger partial charge is 0.341 e. The number of rotatable bonds is 9. The Bertz CT molecular complexity index is 1580. The van der Waals surface area contributed by atoms with Gasteiger partial charge in [-0.05, 0) is 31.9 Å². The van der Waals surface area contributed by atoms with Crippen molar-refractivity contribution >= 4 is 92.4 Å². The van der Waals surface area contributed by atoms with E-state index in [0.29, 0.717) is 16.0 Å². The van der Waals surface area contributed by atoms with Crippen LogP contribution in [0.3, 0.4) is 0 Å². The predicted molar refractivity (Wildman–Crippen MR) is 160 cm³/mol. The number of anilines is 1. The largest absolute Gasteiger partial charge is 0.462 e. The lowest BCUT2D eigenvalue weighted by Gasteiger charge is -2.24. The first kappa shape index (κ1) is 31.8. The number of nitrogens with zero attached hydrogens (tertiary/aromatic N) is 1. The number of carbonyl (C=O) groups excluding carboxylic acids is 5. The number of esters is 2. The van der Waals surface area contributed by atoms with E-state index in [2.05, 4.69) is 5.32 Å². The van der Waals surface area contributed by atoms with Gasteiger partial charge in [-0.3, -0.25) is 19.3 Å². The molecule has 0 aliphatic carbocycles. The Hall–Kier alpha value is -3.15. The first-order chi connectivity index (χ1) is 19.9. The summed E-state index contributed by atoms with van der Waals surface area (Å²) in [5, 5.41) is 1.81. The zero-order chi connectivity index (χ0) is 30.9. The molecule has 0 spiro atoms.